The first-order valence-electron chi connectivity index (χ1n) is 9.17. The largest absolute Gasteiger partial charge is 0.321 e. The summed E-state index contributed by atoms with van der Waals surface area (Å²) in [6.45, 7) is 4.04. The smallest absolute Gasteiger partial charge is 0.284 e. The van der Waals surface area contributed by atoms with Crippen LogP contribution in [0.3, 0.4) is 0 Å². The van der Waals surface area contributed by atoms with Gasteiger partial charge in [0, 0.05) is 24.4 Å². The van der Waals surface area contributed by atoms with Gasteiger partial charge in [0.2, 0.25) is 0 Å². The predicted molar refractivity (Wildman–Crippen MR) is 111 cm³/mol. The zero-order chi connectivity index (χ0) is 21.0. The number of carbonyl (C=O) groups is 1. The summed E-state index contributed by atoms with van der Waals surface area (Å²) in [7, 11) is 1.76. The Morgan fingerprint density at radius 2 is 1.90 bits per heavy atom. The van der Waals surface area contributed by atoms with E-state index in [1.807, 2.05) is 32.0 Å². The summed E-state index contributed by atoms with van der Waals surface area (Å²) in [6.07, 6.45) is 3.07. The van der Waals surface area contributed by atoms with Gasteiger partial charge in [-0.1, -0.05) is 32.0 Å². The number of nitro benzene ring substituents is 1. The minimum atomic E-state index is -0.493. The molecule has 0 unspecified atom stereocenters. The molecule has 0 radical (unpaired) electrons. The van der Waals surface area contributed by atoms with Gasteiger partial charge in [0.1, 0.15) is 6.33 Å². The number of anilines is 1. The number of aromatic nitrogens is 3. The van der Waals surface area contributed by atoms with Crippen LogP contribution in [-0.4, -0.2) is 25.6 Å². The number of carbonyl (C=O) groups excluding carboxylic acids is 1. The molecule has 150 valence electrons. The predicted octanol–water partition coefficient (Wildman–Crippen LogP) is 4.25. The van der Waals surface area contributed by atoms with Crippen molar-refractivity contribution >= 4 is 29.0 Å². The van der Waals surface area contributed by atoms with E-state index in [0.29, 0.717) is 10.1 Å². The van der Waals surface area contributed by atoms with E-state index in [9.17, 15) is 14.9 Å². The quantitative estimate of drug-likeness (QED) is 0.460. The number of para-hydroxylation sites is 1. The summed E-state index contributed by atoms with van der Waals surface area (Å²) in [5.41, 5.74) is 2.92. The molecule has 0 bridgehead atoms. The molecule has 0 atom stereocenters. The number of aryl methyl sites for hydroxylation is 3. The number of hydrogen-bond acceptors (Lipinski definition) is 6. The van der Waals surface area contributed by atoms with Gasteiger partial charge in [-0.2, -0.15) is 0 Å². The number of hydrogen-bond donors (Lipinski definition) is 1. The maximum atomic E-state index is 12.8. The number of rotatable bonds is 7. The molecule has 8 nitrogen and oxygen atoms in total. The number of benzene rings is 2. The van der Waals surface area contributed by atoms with E-state index in [1.165, 1.54) is 12.4 Å². The van der Waals surface area contributed by atoms with Crippen molar-refractivity contribution in [3.63, 3.8) is 0 Å². The Morgan fingerprint density at radius 1 is 1.21 bits per heavy atom. The molecule has 1 N–H and O–H groups in total. The van der Waals surface area contributed by atoms with Crippen molar-refractivity contribution in [2.45, 2.75) is 36.7 Å². The van der Waals surface area contributed by atoms with Gasteiger partial charge in [-0.15, -0.1) is 10.2 Å². The fourth-order valence-corrected chi connectivity index (χ4v) is 3.79. The SMILES string of the molecule is CCc1cccc(CC)c1NC(=O)c1ccc(Sc2nncn2C)c([N+](=O)[O-])c1. The molecule has 2 aromatic carbocycles. The van der Waals surface area contributed by atoms with Gasteiger partial charge in [-0.25, -0.2) is 0 Å². The van der Waals surface area contributed by atoms with Gasteiger partial charge in [0.15, 0.2) is 5.16 Å². The lowest BCUT2D eigenvalue weighted by Gasteiger charge is -2.14. The minimum Gasteiger partial charge on any atom is -0.321 e. The fourth-order valence-electron chi connectivity index (χ4n) is 2.94. The van der Waals surface area contributed by atoms with Crippen LogP contribution in [0.15, 0.2) is 52.8 Å². The van der Waals surface area contributed by atoms with Crippen molar-refractivity contribution in [2.24, 2.45) is 7.05 Å². The van der Waals surface area contributed by atoms with Crippen molar-refractivity contribution in [3.05, 3.63) is 69.5 Å². The second kappa shape index (κ2) is 8.87. The third kappa shape index (κ3) is 4.45. The van der Waals surface area contributed by atoms with Crippen LogP contribution in [-0.2, 0) is 19.9 Å². The second-order valence-electron chi connectivity index (χ2n) is 6.38. The van der Waals surface area contributed by atoms with Gasteiger partial charge >= 0.3 is 0 Å². The topological polar surface area (TPSA) is 103 Å². The standard InChI is InChI=1S/C20H21N5O3S/c1-4-13-7-6-8-14(5-2)18(13)22-19(26)15-9-10-17(16(11-15)25(27)28)29-20-23-21-12-24(20)3/h6-12H,4-5H2,1-3H3,(H,22,26). The van der Waals surface area contributed by atoms with Crippen molar-refractivity contribution < 1.29 is 9.72 Å². The van der Waals surface area contributed by atoms with Gasteiger partial charge in [-0.3, -0.25) is 14.9 Å². The highest BCUT2D eigenvalue weighted by molar-refractivity contribution is 7.99. The van der Waals surface area contributed by atoms with Crippen LogP contribution in [0.25, 0.3) is 0 Å². The molecule has 1 aromatic heterocycles. The maximum Gasteiger partial charge on any atom is 0.284 e. The first-order valence-corrected chi connectivity index (χ1v) is 9.98. The Kier molecular flexibility index (Phi) is 6.28. The van der Waals surface area contributed by atoms with Crippen molar-refractivity contribution in [2.75, 3.05) is 5.32 Å². The zero-order valence-electron chi connectivity index (χ0n) is 16.4. The van der Waals surface area contributed by atoms with Crippen LogP contribution < -0.4 is 5.32 Å². The molecule has 0 saturated carbocycles. The minimum absolute atomic E-state index is 0.148. The summed E-state index contributed by atoms with van der Waals surface area (Å²) in [6, 6.07) is 10.4. The Balaban J connectivity index is 1.92. The van der Waals surface area contributed by atoms with Crippen LogP contribution in [0.5, 0.6) is 0 Å². The number of nitrogens with one attached hydrogen (secondary N) is 1. The third-order valence-corrected chi connectivity index (χ3v) is 5.64. The number of nitrogens with zero attached hydrogens (tertiary/aromatic N) is 4. The lowest BCUT2D eigenvalue weighted by atomic mass is 10.0. The summed E-state index contributed by atoms with van der Waals surface area (Å²) < 4.78 is 1.67. The first-order chi connectivity index (χ1) is 13.9. The maximum absolute atomic E-state index is 12.8. The van der Waals surface area contributed by atoms with E-state index in [2.05, 4.69) is 15.5 Å². The lowest BCUT2D eigenvalue weighted by molar-refractivity contribution is -0.387. The zero-order valence-corrected chi connectivity index (χ0v) is 17.2. The molecule has 0 aliphatic carbocycles. The van der Waals surface area contributed by atoms with Crippen LogP contribution in [0.4, 0.5) is 11.4 Å². The highest BCUT2D eigenvalue weighted by Gasteiger charge is 2.21. The molecule has 3 aromatic rings. The lowest BCUT2D eigenvalue weighted by Crippen LogP contribution is -2.15. The number of nitro groups is 1. The van der Waals surface area contributed by atoms with E-state index < -0.39 is 4.92 Å². The molecule has 3 rings (SSSR count). The molecule has 0 aliphatic rings. The molecule has 1 heterocycles. The van der Waals surface area contributed by atoms with Crippen LogP contribution in [0.2, 0.25) is 0 Å². The molecule has 0 aliphatic heterocycles. The Hall–Kier alpha value is -3.20. The van der Waals surface area contributed by atoms with E-state index in [4.69, 9.17) is 0 Å². The molecular weight excluding hydrogens is 390 g/mol. The highest BCUT2D eigenvalue weighted by atomic mass is 32.2. The normalized spacial score (nSPS) is 10.7. The first kappa shape index (κ1) is 20.5. The molecular formula is C20H21N5O3S. The van der Waals surface area contributed by atoms with Gasteiger partial charge in [-0.05, 0) is 47.9 Å². The van der Waals surface area contributed by atoms with Crippen molar-refractivity contribution in [3.8, 4) is 0 Å². The summed E-state index contributed by atoms with van der Waals surface area (Å²) in [5, 5.41) is 22.8. The second-order valence-corrected chi connectivity index (χ2v) is 7.39. The molecule has 0 spiro atoms. The summed E-state index contributed by atoms with van der Waals surface area (Å²) in [4.78, 5) is 24.3. The highest BCUT2D eigenvalue weighted by Crippen LogP contribution is 2.34. The van der Waals surface area contributed by atoms with Crippen LogP contribution in [0.1, 0.15) is 35.3 Å². The van der Waals surface area contributed by atoms with Crippen LogP contribution in [0, 0.1) is 10.1 Å². The Labute approximate surface area is 172 Å². The van der Waals surface area contributed by atoms with E-state index in [-0.39, 0.29) is 17.2 Å². The van der Waals surface area contributed by atoms with Gasteiger partial charge < -0.3 is 9.88 Å². The van der Waals surface area contributed by atoms with E-state index >= 15 is 0 Å². The molecule has 0 saturated heterocycles. The summed E-state index contributed by atoms with van der Waals surface area (Å²) in [5.74, 6) is -0.376. The average Bonchev–Trinajstić information content (AvgIpc) is 3.12. The van der Waals surface area contributed by atoms with Crippen LogP contribution >= 0.6 is 11.8 Å². The van der Waals surface area contributed by atoms with E-state index in [1.54, 1.807) is 23.7 Å². The molecule has 1 amide bonds. The monoisotopic (exact) mass is 411 g/mol. The molecule has 29 heavy (non-hydrogen) atoms. The van der Waals surface area contributed by atoms with Gasteiger partial charge in [0.05, 0.1) is 9.82 Å². The van der Waals surface area contributed by atoms with Gasteiger partial charge in [0.25, 0.3) is 11.6 Å². The Morgan fingerprint density at radius 3 is 2.45 bits per heavy atom. The van der Waals surface area contributed by atoms with Crippen molar-refractivity contribution in [1.82, 2.24) is 14.8 Å². The molecule has 0 fully saturated rings. The number of amides is 1. The fraction of sp³-hybridized carbons (Fsp3) is 0.250. The summed E-state index contributed by atoms with van der Waals surface area (Å²) >= 11 is 1.13. The Bertz CT molecular complexity index is 1040. The van der Waals surface area contributed by atoms with E-state index in [0.717, 1.165) is 41.4 Å². The third-order valence-electron chi connectivity index (χ3n) is 4.53. The van der Waals surface area contributed by atoms with Crippen molar-refractivity contribution in [1.29, 1.82) is 0 Å². The molecule has 9 heteroatoms. The average molecular weight is 411 g/mol.